The number of benzene rings is 1. The average molecular weight is 273 g/mol. The molecule has 0 fully saturated rings. The Balaban J connectivity index is 3.10. The zero-order chi connectivity index (χ0) is 14.5. The van der Waals surface area contributed by atoms with Crippen molar-refractivity contribution in [1.82, 2.24) is 0 Å². The molecule has 0 unspecified atom stereocenters. The summed E-state index contributed by atoms with van der Waals surface area (Å²) < 4.78 is 43.4. The molecular weight excluding hydrogens is 259 g/mol. The van der Waals surface area contributed by atoms with Crippen LogP contribution in [0.15, 0.2) is 35.3 Å². The number of halogens is 3. The van der Waals surface area contributed by atoms with Crippen molar-refractivity contribution in [2.24, 2.45) is 10.9 Å². The van der Waals surface area contributed by atoms with Crippen LogP contribution in [0.5, 0.6) is 0 Å². The van der Waals surface area contributed by atoms with Crippen LogP contribution in [0.3, 0.4) is 0 Å². The number of carbonyl (C=O) groups is 1. The van der Waals surface area contributed by atoms with Gasteiger partial charge in [0.2, 0.25) is 0 Å². The Morgan fingerprint density at radius 2 is 1.89 bits per heavy atom. The smallest absolute Gasteiger partial charge is 0.430 e. The Morgan fingerprint density at radius 3 is 2.37 bits per heavy atom. The van der Waals surface area contributed by atoms with E-state index in [1.165, 1.54) is 19.1 Å². The average Bonchev–Trinajstić information content (AvgIpc) is 2.35. The van der Waals surface area contributed by atoms with E-state index in [1.54, 1.807) is 18.2 Å². The van der Waals surface area contributed by atoms with E-state index in [0.29, 0.717) is 0 Å². The van der Waals surface area contributed by atoms with Gasteiger partial charge < -0.3 is 4.74 Å². The van der Waals surface area contributed by atoms with Gasteiger partial charge in [0.15, 0.2) is 0 Å². The number of alkyl halides is 3. The lowest BCUT2D eigenvalue weighted by molar-refractivity contribution is -0.146. The summed E-state index contributed by atoms with van der Waals surface area (Å²) in [5.41, 5.74) is -1.01. The first-order chi connectivity index (χ1) is 8.86. The highest BCUT2D eigenvalue weighted by Gasteiger charge is 2.42. The molecule has 0 radical (unpaired) electrons. The van der Waals surface area contributed by atoms with Crippen LogP contribution in [0.1, 0.15) is 13.8 Å². The molecule has 19 heavy (non-hydrogen) atoms. The standard InChI is InChI=1S/C13H14F3NO2/c1-3-19-12(18)9(2)11(13(14,15)16)17-10-7-5-4-6-8-10/h4-9H,3H2,1-2H3/t9-/m0/s1. The highest BCUT2D eigenvalue weighted by Crippen LogP contribution is 2.26. The van der Waals surface area contributed by atoms with Crippen LogP contribution in [0.2, 0.25) is 0 Å². The van der Waals surface area contributed by atoms with E-state index < -0.39 is 23.8 Å². The van der Waals surface area contributed by atoms with Crippen LogP contribution >= 0.6 is 0 Å². The Hall–Kier alpha value is -1.85. The predicted octanol–water partition coefficient (Wildman–Crippen LogP) is 3.52. The molecule has 1 atom stereocenters. The fourth-order valence-corrected chi connectivity index (χ4v) is 1.43. The molecule has 0 N–H and O–H groups in total. The minimum Gasteiger partial charge on any atom is -0.465 e. The maximum atomic E-state index is 12.9. The van der Waals surface area contributed by atoms with E-state index in [4.69, 9.17) is 0 Å². The zero-order valence-corrected chi connectivity index (χ0v) is 10.6. The molecule has 0 amide bonds. The van der Waals surface area contributed by atoms with E-state index in [9.17, 15) is 18.0 Å². The lowest BCUT2D eigenvalue weighted by Gasteiger charge is -2.16. The molecule has 0 saturated carbocycles. The first-order valence-corrected chi connectivity index (χ1v) is 5.73. The number of hydrogen-bond acceptors (Lipinski definition) is 3. The molecule has 1 aromatic carbocycles. The molecule has 0 saturated heterocycles. The normalized spacial score (nSPS) is 14.1. The molecule has 0 aromatic heterocycles. The molecule has 0 aliphatic rings. The molecule has 1 aromatic rings. The summed E-state index contributed by atoms with van der Waals surface area (Å²) in [6.07, 6.45) is -4.68. The van der Waals surface area contributed by atoms with Gasteiger partial charge in [-0.1, -0.05) is 18.2 Å². The summed E-state index contributed by atoms with van der Waals surface area (Å²) in [6, 6.07) is 7.68. The number of aliphatic imine (C=N–C) groups is 1. The van der Waals surface area contributed by atoms with Gasteiger partial charge in [0.05, 0.1) is 12.3 Å². The van der Waals surface area contributed by atoms with E-state index in [2.05, 4.69) is 9.73 Å². The van der Waals surface area contributed by atoms with Crippen molar-refractivity contribution in [1.29, 1.82) is 0 Å². The molecule has 1 rings (SSSR count). The van der Waals surface area contributed by atoms with E-state index in [-0.39, 0.29) is 12.3 Å². The van der Waals surface area contributed by atoms with Gasteiger partial charge in [0, 0.05) is 0 Å². The largest absolute Gasteiger partial charge is 0.465 e. The quantitative estimate of drug-likeness (QED) is 0.622. The van der Waals surface area contributed by atoms with Gasteiger partial charge in [-0.05, 0) is 26.0 Å². The van der Waals surface area contributed by atoms with Gasteiger partial charge in [-0.3, -0.25) is 4.79 Å². The Kier molecular flexibility index (Phi) is 5.09. The molecular formula is C13H14F3NO2. The van der Waals surface area contributed by atoms with Gasteiger partial charge in [-0.15, -0.1) is 0 Å². The zero-order valence-electron chi connectivity index (χ0n) is 10.6. The topological polar surface area (TPSA) is 38.7 Å². The number of esters is 1. The molecule has 104 valence electrons. The van der Waals surface area contributed by atoms with E-state index >= 15 is 0 Å². The molecule has 0 bridgehead atoms. The van der Waals surface area contributed by atoms with Crippen molar-refractivity contribution >= 4 is 17.4 Å². The molecule has 0 spiro atoms. The first kappa shape index (κ1) is 15.2. The summed E-state index contributed by atoms with van der Waals surface area (Å²) in [6.45, 7) is 2.69. The van der Waals surface area contributed by atoms with Crippen molar-refractivity contribution in [3.05, 3.63) is 30.3 Å². The number of hydrogen-bond donors (Lipinski definition) is 0. The van der Waals surface area contributed by atoms with Crippen molar-refractivity contribution in [3.63, 3.8) is 0 Å². The highest BCUT2D eigenvalue weighted by molar-refractivity contribution is 6.05. The number of carbonyl (C=O) groups excluding carboxylic acids is 1. The summed E-state index contributed by atoms with van der Waals surface area (Å²) >= 11 is 0. The van der Waals surface area contributed by atoms with Gasteiger partial charge in [0.25, 0.3) is 0 Å². The van der Waals surface area contributed by atoms with Gasteiger partial charge in [-0.2, -0.15) is 13.2 Å². The van der Waals surface area contributed by atoms with Crippen LogP contribution in [-0.2, 0) is 9.53 Å². The van der Waals surface area contributed by atoms with Crippen molar-refractivity contribution in [3.8, 4) is 0 Å². The minimum absolute atomic E-state index is 0.0274. The van der Waals surface area contributed by atoms with Crippen molar-refractivity contribution in [2.75, 3.05) is 6.61 Å². The molecule has 6 heteroatoms. The van der Waals surface area contributed by atoms with E-state index in [0.717, 1.165) is 6.92 Å². The van der Waals surface area contributed by atoms with E-state index in [1.807, 2.05) is 0 Å². The van der Waals surface area contributed by atoms with Crippen LogP contribution in [0.4, 0.5) is 18.9 Å². The Bertz CT molecular complexity index is 455. The van der Waals surface area contributed by atoms with Crippen LogP contribution in [-0.4, -0.2) is 24.5 Å². The fraction of sp³-hybridized carbons (Fsp3) is 0.385. The fourth-order valence-electron chi connectivity index (χ4n) is 1.43. The molecule has 3 nitrogen and oxygen atoms in total. The monoisotopic (exact) mass is 273 g/mol. The maximum Gasteiger partial charge on any atom is 0.430 e. The van der Waals surface area contributed by atoms with Crippen LogP contribution in [0.25, 0.3) is 0 Å². The second-order valence-electron chi connectivity index (χ2n) is 3.80. The predicted molar refractivity (Wildman–Crippen MR) is 65.4 cm³/mol. The molecule has 0 aliphatic carbocycles. The minimum atomic E-state index is -4.68. The number of nitrogens with zero attached hydrogens (tertiary/aromatic N) is 1. The second-order valence-corrected chi connectivity index (χ2v) is 3.80. The van der Waals surface area contributed by atoms with Gasteiger partial charge in [0.1, 0.15) is 11.6 Å². The first-order valence-electron chi connectivity index (χ1n) is 5.73. The summed E-state index contributed by atoms with van der Waals surface area (Å²) in [4.78, 5) is 14.9. The third kappa shape index (κ3) is 4.39. The summed E-state index contributed by atoms with van der Waals surface area (Å²) in [7, 11) is 0. The van der Waals surface area contributed by atoms with Crippen LogP contribution in [0, 0.1) is 5.92 Å². The van der Waals surface area contributed by atoms with Crippen molar-refractivity contribution < 1.29 is 22.7 Å². The third-order valence-corrected chi connectivity index (χ3v) is 2.35. The van der Waals surface area contributed by atoms with Gasteiger partial charge >= 0.3 is 12.1 Å². The van der Waals surface area contributed by atoms with Crippen molar-refractivity contribution in [2.45, 2.75) is 20.0 Å². The SMILES string of the molecule is CCOC(=O)[C@@H](C)C(=Nc1ccccc1)C(F)(F)F. The Labute approximate surface area is 109 Å². The lowest BCUT2D eigenvalue weighted by atomic mass is 10.1. The number of rotatable bonds is 4. The summed E-state index contributed by atoms with van der Waals surface area (Å²) in [5.74, 6) is -2.39. The van der Waals surface area contributed by atoms with Gasteiger partial charge in [-0.25, -0.2) is 4.99 Å². The lowest BCUT2D eigenvalue weighted by Crippen LogP contribution is -2.34. The Morgan fingerprint density at radius 1 is 1.32 bits per heavy atom. The second kappa shape index (κ2) is 6.36. The molecule has 0 heterocycles. The highest BCUT2D eigenvalue weighted by atomic mass is 19.4. The van der Waals surface area contributed by atoms with Crippen LogP contribution < -0.4 is 0 Å². The molecule has 0 aliphatic heterocycles. The maximum absolute atomic E-state index is 12.9. The summed E-state index contributed by atoms with van der Waals surface area (Å²) in [5, 5.41) is 0. The number of para-hydroxylation sites is 1. The third-order valence-electron chi connectivity index (χ3n) is 2.35. The number of ether oxygens (including phenoxy) is 1.